The maximum Gasteiger partial charge on any atom is 0.134 e. The van der Waals surface area contributed by atoms with E-state index in [0.29, 0.717) is 6.61 Å². The zero-order valence-electron chi connectivity index (χ0n) is 20.5. The van der Waals surface area contributed by atoms with Crippen LogP contribution in [0.4, 0.5) is 0 Å². The second kappa shape index (κ2) is 9.58. The van der Waals surface area contributed by atoms with E-state index in [2.05, 4.69) is 87.5 Å². The van der Waals surface area contributed by atoms with Crippen LogP contribution in [0.15, 0.2) is 66.7 Å². The van der Waals surface area contributed by atoms with Gasteiger partial charge in [0.1, 0.15) is 35.6 Å². The average molecular weight is 455 g/mol. The van der Waals surface area contributed by atoms with Gasteiger partial charge < -0.3 is 14.2 Å². The van der Waals surface area contributed by atoms with Crippen molar-refractivity contribution in [1.29, 1.82) is 0 Å². The van der Waals surface area contributed by atoms with Gasteiger partial charge in [0, 0.05) is 5.56 Å². The molecular formula is C31H34O3. The maximum absolute atomic E-state index is 6.69. The van der Waals surface area contributed by atoms with Crippen molar-refractivity contribution in [2.45, 2.75) is 71.2 Å². The molecule has 1 unspecified atom stereocenters. The van der Waals surface area contributed by atoms with Crippen LogP contribution in [0, 0.1) is 0 Å². The molecule has 2 aliphatic rings. The Bertz CT molecular complexity index is 1180. The molecule has 0 saturated carbocycles. The molecule has 1 atom stereocenters. The molecule has 0 spiro atoms. The van der Waals surface area contributed by atoms with Gasteiger partial charge in [-0.3, -0.25) is 0 Å². The molecule has 0 bridgehead atoms. The first-order chi connectivity index (χ1) is 16.5. The summed E-state index contributed by atoms with van der Waals surface area (Å²) < 4.78 is 19.3. The maximum atomic E-state index is 6.69. The number of fused-ring (bicyclic) bond motifs is 3. The predicted octanol–water partition coefficient (Wildman–Crippen LogP) is 7.86. The van der Waals surface area contributed by atoms with Crippen molar-refractivity contribution in [2.75, 3.05) is 0 Å². The van der Waals surface area contributed by atoms with Crippen LogP contribution in [-0.2, 0) is 19.4 Å². The Labute approximate surface area is 203 Å². The zero-order valence-corrected chi connectivity index (χ0v) is 20.5. The van der Waals surface area contributed by atoms with Crippen LogP contribution in [0.1, 0.15) is 74.0 Å². The van der Waals surface area contributed by atoms with Gasteiger partial charge in [0.25, 0.3) is 0 Å². The third-order valence-electron chi connectivity index (χ3n) is 6.68. The van der Waals surface area contributed by atoms with E-state index in [1.165, 1.54) is 29.5 Å². The molecule has 0 radical (unpaired) electrons. The molecule has 176 valence electrons. The van der Waals surface area contributed by atoms with Crippen molar-refractivity contribution < 1.29 is 14.2 Å². The predicted molar refractivity (Wildman–Crippen MR) is 138 cm³/mol. The zero-order chi connectivity index (χ0) is 23.5. The third kappa shape index (κ3) is 4.84. The molecule has 2 heterocycles. The van der Waals surface area contributed by atoms with Crippen molar-refractivity contribution in [2.24, 2.45) is 0 Å². The molecular weight excluding hydrogens is 420 g/mol. The lowest BCUT2D eigenvalue weighted by Crippen LogP contribution is -2.28. The SMILES string of the molecule is CCCCc1ccc(C2CCc3ccc4c(c3O2)C=CC(C)(C)O4)c(OCc2ccccc2)c1. The van der Waals surface area contributed by atoms with E-state index in [1.54, 1.807) is 0 Å². The van der Waals surface area contributed by atoms with E-state index in [1.807, 2.05) is 6.07 Å². The highest BCUT2D eigenvalue weighted by atomic mass is 16.5. The van der Waals surface area contributed by atoms with Crippen LogP contribution in [-0.4, -0.2) is 5.60 Å². The minimum atomic E-state index is -0.303. The van der Waals surface area contributed by atoms with E-state index in [9.17, 15) is 0 Å². The van der Waals surface area contributed by atoms with Gasteiger partial charge >= 0.3 is 0 Å². The second-order valence-corrected chi connectivity index (χ2v) is 9.90. The smallest absolute Gasteiger partial charge is 0.134 e. The molecule has 0 amide bonds. The summed E-state index contributed by atoms with van der Waals surface area (Å²) in [6, 6.07) is 21.3. The molecule has 3 aromatic carbocycles. The fourth-order valence-corrected chi connectivity index (χ4v) is 4.76. The van der Waals surface area contributed by atoms with Gasteiger partial charge in [-0.15, -0.1) is 0 Å². The number of rotatable bonds is 7. The minimum Gasteiger partial charge on any atom is -0.488 e. The molecule has 2 aliphatic heterocycles. The van der Waals surface area contributed by atoms with E-state index >= 15 is 0 Å². The van der Waals surface area contributed by atoms with E-state index in [0.717, 1.165) is 47.6 Å². The first-order valence-electron chi connectivity index (χ1n) is 12.5. The topological polar surface area (TPSA) is 27.7 Å². The Hall–Kier alpha value is -3.20. The molecule has 3 nitrogen and oxygen atoms in total. The molecule has 0 aromatic heterocycles. The van der Waals surface area contributed by atoms with Crippen molar-refractivity contribution in [3.05, 3.63) is 94.6 Å². The van der Waals surface area contributed by atoms with E-state index < -0.39 is 0 Å². The molecule has 3 heteroatoms. The van der Waals surface area contributed by atoms with Crippen LogP contribution < -0.4 is 14.2 Å². The summed E-state index contributed by atoms with van der Waals surface area (Å²) in [4.78, 5) is 0. The van der Waals surface area contributed by atoms with Crippen LogP contribution in [0.2, 0.25) is 0 Å². The van der Waals surface area contributed by atoms with Gasteiger partial charge in [-0.2, -0.15) is 0 Å². The Morgan fingerprint density at radius 2 is 1.85 bits per heavy atom. The number of hydrogen-bond donors (Lipinski definition) is 0. The average Bonchev–Trinajstić information content (AvgIpc) is 2.85. The standard InChI is InChI=1S/C31H34O3/c1-4-5-9-22-12-15-25(29(20-22)32-21-23-10-7-6-8-11-23)27-16-13-24-14-17-28-26(30(24)33-27)18-19-31(2,3)34-28/h6-8,10-12,14-15,17-20,27H,4-5,9,13,16,21H2,1-3H3. The molecule has 0 saturated heterocycles. The van der Waals surface area contributed by atoms with Gasteiger partial charge in [0.2, 0.25) is 0 Å². The number of benzene rings is 3. The van der Waals surface area contributed by atoms with Crippen LogP contribution in [0.5, 0.6) is 17.2 Å². The fourth-order valence-electron chi connectivity index (χ4n) is 4.76. The fraction of sp³-hybridized carbons (Fsp3) is 0.355. The second-order valence-electron chi connectivity index (χ2n) is 9.90. The summed E-state index contributed by atoms with van der Waals surface area (Å²) in [5.74, 6) is 2.77. The van der Waals surface area contributed by atoms with Gasteiger partial charge in [-0.25, -0.2) is 0 Å². The minimum absolute atomic E-state index is 0.0478. The molecule has 0 fully saturated rings. The van der Waals surface area contributed by atoms with E-state index in [-0.39, 0.29) is 11.7 Å². The van der Waals surface area contributed by atoms with Crippen molar-refractivity contribution in [3.8, 4) is 17.2 Å². The summed E-state index contributed by atoms with van der Waals surface area (Å²) in [6.45, 7) is 6.93. The van der Waals surface area contributed by atoms with Gasteiger partial charge in [0.15, 0.2) is 0 Å². The van der Waals surface area contributed by atoms with Crippen LogP contribution >= 0.6 is 0 Å². The summed E-state index contributed by atoms with van der Waals surface area (Å²) in [6.07, 6.45) is 9.55. The lowest BCUT2D eigenvalue weighted by molar-refractivity contribution is 0.149. The van der Waals surface area contributed by atoms with Crippen LogP contribution in [0.25, 0.3) is 6.08 Å². The molecule has 0 N–H and O–H groups in total. The molecule has 5 rings (SSSR count). The van der Waals surface area contributed by atoms with Crippen molar-refractivity contribution >= 4 is 6.08 Å². The highest BCUT2D eigenvalue weighted by Crippen LogP contribution is 2.45. The summed E-state index contributed by atoms with van der Waals surface area (Å²) >= 11 is 0. The lowest BCUT2D eigenvalue weighted by Gasteiger charge is -2.33. The Morgan fingerprint density at radius 3 is 2.68 bits per heavy atom. The van der Waals surface area contributed by atoms with Gasteiger partial charge in [-0.1, -0.05) is 61.9 Å². The number of hydrogen-bond acceptors (Lipinski definition) is 3. The molecule has 3 aromatic rings. The van der Waals surface area contributed by atoms with Crippen LogP contribution in [0.3, 0.4) is 0 Å². The first kappa shape index (κ1) is 22.6. The molecule has 0 aliphatic carbocycles. The molecule has 34 heavy (non-hydrogen) atoms. The van der Waals surface area contributed by atoms with Crippen molar-refractivity contribution in [1.82, 2.24) is 0 Å². The van der Waals surface area contributed by atoms with Crippen molar-refractivity contribution in [3.63, 3.8) is 0 Å². The Morgan fingerprint density at radius 1 is 1.00 bits per heavy atom. The van der Waals surface area contributed by atoms with Gasteiger partial charge in [-0.05, 0) is 80.5 Å². The van der Waals surface area contributed by atoms with Gasteiger partial charge in [0.05, 0.1) is 5.56 Å². The largest absolute Gasteiger partial charge is 0.488 e. The third-order valence-corrected chi connectivity index (χ3v) is 6.68. The Balaban J connectivity index is 1.44. The number of aryl methyl sites for hydroxylation is 2. The number of unbranched alkanes of at least 4 members (excludes halogenated alkanes) is 1. The van der Waals surface area contributed by atoms with E-state index in [4.69, 9.17) is 14.2 Å². The monoisotopic (exact) mass is 454 g/mol. The lowest BCUT2D eigenvalue weighted by atomic mass is 9.92. The normalized spacial score (nSPS) is 17.8. The first-order valence-corrected chi connectivity index (χ1v) is 12.5. The summed E-state index contributed by atoms with van der Waals surface area (Å²) in [5, 5.41) is 0. The number of ether oxygens (including phenoxy) is 3. The quantitative estimate of drug-likeness (QED) is 0.364. The summed E-state index contributed by atoms with van der Waals surface area (Å²) in [7, 11) is 0. The summed E-state index contributed by atoms with van der Waals surface area (Å²) in [5.41, 5.74) is 5.60. The highest BCUT2D eigenvalue weighted by molar-refractivity contribution is 5.69. The highest BCUT2D eigenvalue weighted by Gasteiger charge is 2.30. The Kier molecular flexibility index (Phi) is 6.36.